The Kier molecular flexibility index (Phi) is 2.54. The van der Waals surface area contributed by atoms with Crippen molar-refractivity contribution in [3.8, 4) is 0 Å². The summed E-state index contributed by atoms with van der Waals surface area (Å²) in [5.74, 6) is 0. The minimum Gasteiger partial charge on any atom is -0.310 e. The van der Waals surface area contributed by atoms with Crippen LogP contribution in [0.3, 0.4) is 0 Å². The van der Waals surface area contributed by atoms with Gasteiger partial charge in [-0.05, 0) is 35.9 Å². The Morgan fingerprint density at radius 1 is 1.40 bits per heavy atom. The maximum Gasteiger partial charge on any atom is 0.0357 e. The fraction of sp³-hybridized carbons (Fsp3) is 0.333. The van der Waals surface area contributed by atoms with Crippen LogP contribution < -0.4 is 5.32 Å². The van der Waals surface area contributed by atoms with E-state index >= 15 is 0 Å². The van der Waals surface area contributed by atoms with E-state index in [0.717, 1.165) is 12.6 Å². The standard InChI is InChI=1S/C12H12BrNS/c13-10-2-1-3-11-12(10)8(7-15-11)6-14-9-4-5-9/h1-3,7,9,14H,4-6H2. The normalized spacial score (nSPS) is 16.1. The molecule has 78 valence electrons. The van der Waals surface area contributed by atoms with Gasteiger partial charge in [-0.15, -0.1) is 11.3 Å². The molecule has 0 saturated heterocycles. The second-order valence-electron chi connectivity index (χ2n) is 4.03. The van der Waals surface area contributed by atoms with Gasteiger partial charge in [0.05, 0.1) is 0 Å². The summed E-state index contributed by atoms with van der Waals surface area (Å²) in [5, 5.41) is 7.22. The van der Waals surface area contributed by atoms with E-state index in [1.54, 1.807) is 0 Å². The van der Waals surface area contributed by atoms with Gasteiger partial charge in [0, 0.05) is 27.1 Å². The molecule has 0 amide bonds. The van der Waals surface area contributed by atoms with E-state index in [2.05, 4.69) is 44.8 Å². The van der Waals surface area contributed by atoms with Crippen LogP contribution in [0.1, 0.15) is 18.4 Å². The topological polar surface area (TPSA) is 12.0 Å². The zero-order valence-electron chi connectivity index (χ0n) is 8.29. The lowest BCUT2D eigenvalue weighted by Crippen LogP contribution is -2.14. The van der Waals surface area contributed by atoms with E-state index in [1.165, 1.54) is 33.0 Å². The Labute approximate surface area is 102 Å². The van der Waals surface area contributed by atoms with Crippen LogP contribution in [0.2, 0.25) is 0 Å². The van der Waals surface area contributed by atoms with Crippen molar-refractivity contribution in [2.45, 2.75) is 25.4 Å². The third-order valence-corrected chi connectivity index (χ3v) is 4.44. The smallest absolute Gasteiger partial charge is 0.0357 e. The van der Waals surface area contributed by atoms with Gasteiger partial charge in [0.1, 0.15) is 0 Å². The lowest BCUT2D eigenvalue weighted by molar-refractivity contribution is 0.692. The van der Waals surface area contributed by atoms with Crippen molar-refractivity contribution in [2.24, 2.45) is 0 Å². The zero-order chi connectivity index (χ0) is 10.3. The van der Waals surface area contributed by atoms with Gasteiger partial charge in [0.15, 0.2) is 0 Å². The molecule has 0 aliphatic heterocycles. The molecule has 0 atom stereocenters. The molecule has 0 radical (unpaired) electrons. The Balaban J connectivity index is 1.94. The molecule has 1 aromatic heterocycles. The first-order valence-corrected chi connectivity index (χ1v) is 6.90. The van der Waals surface area contributed by atoms with Crippen LogP contribution >= 0.6 is 27.3 Å². The number of nitrogens with one attached hydrogen (secondary N) is 1. The lowest BCUT2D eigenvalue weighted by atomic mass is 10.2. The molecule has 0 unspecified atom stereocenters. The Hall–Kier alpha value is -0.380. The molecule has 15 heavy (non-hydrogen) atoms. The van der Waals surface area contributed by atoms with E-state index in [0.29, 0.717) is 0 Å². The van der Waals surface area contributed by atoms with Crippen LogP contribution in [0.5, 0.6) is 0 Å². The predicted molar refractivity (Wildman–Crippen MR) is 69.4 cm³/mol. The van der Waals surface area contributed by atoms with E-state index in [9.17, 15) is 0 Å². The van der Waals surface area contributed by atoms with E-state index in [-0.39, 0.29) is 0 Å². The second kappa shape index (κ2) is 3.89. The number of fused-ring (bicyclic) bond motifs is 1. The van der Waals surface area contributed by atoms with Gasteiger partial charge in [0.2, 0.25) is 0 Å². The fourth-order valence-corrected chi connectivity index (χ4v) is 3.52. The van der Waals surface area contributed by atoms with Crippen LogP contribution in [0.4, 0.5) is 0 Å². The maximum absolute atomic E-state index is 3.63. The molecule has 2 aromatic rings. The third-order valence-electron chi connectivity index (χ3n) is 2.78. The summed E-state index contributed by atoms with van der Waals surface area (Å²) in [6.07, 6.45) is 2.70. The minimum absolute atomic E-state index is 0.780. The van der Waals surface area contributed by atoms with Gasteiger partial charge in [0.25, 0.3) is 0 Å². The summed E-state index contributed by atoms with van der Waals surface area (Å²) < 4.78 is 2.59. The first kappa shape index (κ1) is 9.82. The van der Waals surface area contributed by atoms with Crippen LogP contribution in [-0.2, 0) is 6.54 Å². The van der Waals surface area contributed by atoms with Crippen LogP contribution in [0, 0.1) is 0 Å². The molecule has 0 spiro atoms. The van der Waals surface area contributed by atoms with Crippen LogP contribution in [0.25, 0.3) is 10.1 Å². The number of rotatable bonds is 3. The third kappa shape index (κ3) is 1.96. The maximum atomic E-state index is 3.63. The highest BCUT2D eigenvalue weighted by atomic mass is 79.9. The molecule has 1 saturated carbocycles. The van der Waals surface area contributed by atoms with Gasteiger partial charge >= 0.3 is 0 Å². The van der Waals surface area contributed by atoms with Gasteiger partial charge in [-0.2, -0.15) is 0 Å². The number of benzene rings is 1. The highest BCUT2D eigenvalue weighted by Crippen LogP contribution is 2.32. The van der Waals surface area contributed by atoms with Gasteiger partial charge < -0.3 is 5.32 Å². The monoisotopic (exact) mass is 281 g/mol. The fourth-order valence-electron chi connectivity index (χ4n) is 1.78. The summed E-state index contributed by atoms with van der Waals surface area (Å²) in [5.41, 5.74) is 1.43. The Bertz CT molecular complexity index is 487. The molecule has 0 bridgehead atoms. The molecule has 1 nitrogen and oxygen atoms in total. The molecular formula is C12H12BrNS. The summed E-state index contributed by atoms with van der Waals surface area (Å²) in [4.78, 5) is 0. The van der Waals surface area contributed by atoms with Crippen molar-refractivity contribution in [1.29, 1.82) is 0 Å². The molecule has 1 aliphatic carbocycles. The molecule has 1 aliphatic rings. The van der Waals surface area contributed by atoms with Crippen LogP contribution in [-0.4, -0.2) is 6.04 Å². The largest absolute Gasteiger partial charge is 0.310 e. The number of hydrogen-bond acceptors (Lipinski definition) is 2. The minimum atomic E-state index is 0.780. The molecule has 3 rings (SSSR count). The molecule has 1 aromatic carbocycles. The quantitative estimate of drug-likeness (QED) is 0.899. The summed E-state index contributed by atoms with van der Waals surface area (Å²) in [6.45, 7) is 1.01. The molecule has 1 heterocycles. The number of thiophene rings is 1. The highest BCUT2D eigenvalue weighted by Gasteiger charge is 2.20. The highest BCUT2D eigenvalue weighted by molar-refractivity contribution is 9.10. The summed E-state index contributed by atoms with van der Waals surface area (Å²) in [7, 11) is 0. The SMILES string of the molecule is Brc1cccc2scc(CNC3CC3)c12. The summed E-state index contributed by atoms with van der Waals surface area (Å²) >= 11 is 5.46. The Morgan fingerprint density at radius 3 is 3.07 bits per heavy atom. The average Bonchev–Trinajstić information content (AvgIpc) is 2.96. The lowest BCUT2D eigenvalue weighted by Gasteiger charge is -2.02. The van der Waals surface area contributed by atoms with Crippen molar-refractivity contribution < 1.29 is 0 Å². The van der Waals surface area contributed by atoms with Crippen LogP contribution in [0.15, 0.2) is 28.1 Å². The zero-order valence-corrected chi connectivity index (χ0v) is 10.7. The van der Waals surface area contributed by atoms with Crippen molar-refractivity contribution in [3.05, 3.63) is 33.6 Å². The molecule has 3 heteroatoms. The molecule has 1 N–H and O–H groups in total. The summed E-state index contributed by atoms with van der Waals surface area (Å²) in [6, 6.07) is 7.18. The van der Waals surface area contributed by atoms with Gasteiger partial charge in [-0.25, -0.2) is 0 Å². The number of hydrogen-bond donors (Lipinski definition) is 1. The van der Waals surface area contributed by atoms with Crippen molar-refractivity contribution >= 4 is 37.4 Å². The Morgan fingerprint density at radius 2 is 2.27 bits per heavy atom. The predicted octanol–water partition coefficient (Wildman–Crippen LogP) is 3.92. The van der Waals surface area contributed by atoms with E-state index < -0.39 is 0 Å². The van der Waals surface area contributed by atoms with E-state index in [1.807, 2.05) is 11.3 Å². The van der Waals surface area contributed by atoms with Crippen molar-refractivity contribution in [1.82, 2.24) is 5.32 Å². The average molecular weight is 282 g/mol. The molecular weight excluding hydrogens is 270 g/mol. The second-order valence-corrected chi connectivity index (χ2v) is 5.79. The van der Waals surface area contributed by atoms with Crippen molar-refractivity contribution in [3.63, 3.8) is 0 Å². The van der Waals surface area contributed by atoms with Gasteiger partial charge in [-0.1, -0.05) is 22.0 Å². The number of halogens is 1. The van der Waals surface area contributed by atoms with E-state index in [4.69, 9.17) is 0 Å². The molecule has 1 fully saturated rings. The first-order valence-electron chi connectivity index (χ1n) is 5.22. The van der Waals surface area contributed by atoms with Crippen molar-refractivity contribution in [2.75, 3.05) is 0 Å². The first-order chi connectivity index (χ1) is 7.34. The van der Waals surface area contributed by atoms with Gasteiger partial charge in [-0.3, -0.25) is 0 Å².